The predicted octanol–water partition coefficient (Wildman–Crippen LogP) is 2.33. The summed E-state index contributed by atoms with van der Waals surface area (Å²) in [6, 6.07) is 8.66. The van der Waals surface area contributed by atoms with E-state index in [1.54, 1.807) is 22.5 Å². The molecule has 0 fully saturated rings. The first kappa shape index (κ1) is 15.5. The molecule has 0 radical (unpaired) electrons. The molecule has 0 bridgehead atoms. The van der Waals surface area contributed by atoms with Crippen LogP contribution in [0.5, 0.6) is 11.5 Å². The normalized spacial score (nSPS) is 20.7. The lowest BCUT2D eigenvalue weighted by Gasteiger charge is -2.34. The maximum absolute atomic E-state index is 13.1. The summed E-state index contributed by atoms with van der Waals surface area (Å²) in [6.07, 6.45) is 0. The highest BCUT2D eigenvalue weighted by Gasteiger charge is 2.35. The van der Waals surface area contributed by atoms with Crippen molar-refractivity contribution in [3.8, 4) is 11.5 Å². The fourth-order valence-corrected chi connectivity index (χ4v) is 5.06. The topological polar surface area (TPSA) is 60.8 Å². The molecule has 2 aliphatic rings. The average Bonchev–Trinajstić information content (AvgIpc) is 2.96. The summed E-state index contributed by atoms with van der Waals surface area (Å²) in [5, 5.41) is 0. The van der Waals surface area contributed by atoms with Gasteiger partial charge in [-0.2, -0.15) is 4.31 Å². The second-order valence-corrected chi connectivity index (χ2v) is 8.04. The van der Waals surface area contributed by atoms with Crippen LogP contribution in [0.25, 0.3) is 0 Å². The first-order valence-electron chi connectivity index (χ1n) is 8.06. The highest BCUT2D eigenvalue weighted by Crippen LogP contribution is 2.36. The average molecular weight is 348 g/mol. The van der Waals surface area contributed by atoms with Crippen molar-refractivity contribution in [1.29, 1.82) is 0 Å². The quantitative estimate of drug-likeness (QED) is 0.836. The summed E-state index contributed by atoms with van der Waals surface area (Å²) in [5.74, 6) is 1.09. The van der Waals surface area contributed by atoms with Crippen LogP contribution < -0.4 is 9.47 Å². The Morgan fingerprint density at radius 2 is 1.79 bits per heavy atom. The van der Waals surface area contributed by atoms with Crippen LogP contribution in [0, 0.1) is 6.92 Å². The molecule has 1 atom stereocenters. The van der Waals surface area contributed by atoms with Gasteiger partial charge in [0.05, 0.1) is 10.9 Å². The van der Waals surface area contributed by atoms with Crippen LogP contribution >= 0.6 is 0 Å². The molecular formula is C17H20N2O4S. The molecule has 0 aliphatic carbocycles. The van der Waals surface area contributed by atoms with Gasteiger partial charge >= 0.3 is 0 Å². The van der Waals surface area contributed by atoms with Crippen molar-refractivity contribution in [3.05, 3.63) is 41.7 Å². The second-order valence-electron chi connectivity index (χ2n) is 6.15. The zero-order valence-corrected chi connectivity index (χ0v) is 14.5. The van der Waals surface area contributed by atoms with Crippen LogP contribution in [0.1, 0.15) is 24.4 Å². The Kier molecular flexibility index (Phi) is 3.58. The van der Waals surface area contributed by atoms with Crippen molar-refractivity contribution in [3.63, 3.8) is 0 Å². The summed E-state index contributed by atoms with van der Waals surface area (Å²) in [5.41, 5.74) is 2.19. The van der Waals surface area contributed by atoms with Crippen LogP contribution in [0.15, 0.2) is 35.2 Å². The van der Waals surface area contributed by atoms with E-state index in [1.165, 1.54) is 0 Å². The molecule has 0 saturated heterocycles. The number of aromatic nitrogens is 1. The van der Waals surface area contributed by atoms with Gasteiger partial charge < -0.3 is 14.0 Å². The van der Waals surface area contributed by atoms with Crippen LogP contribution in [0.2, 0.25) is 0 Å². The molecule has 6 nitrogen and oxygen atoms in total. The monoisotopic (exact) mass is 348 g/mol. The van der Waals surface area contributed by atoms with Gasteiger partial charge in [-0.3, -0.25) is 0 Å². The molecule has 0 amide bonds. The van der Waals surface area contributed by atoms with E-state index in [2.05, 4.69) is 4.57 Å². The van der Waals surface area contributed by atoms with E-state index >= 15 is 0 Å². The number of sulfonamides is 1. The van der Waals surface area contributed by atoms with Crippen LogP contribution in [0.3, 0.4) is 0 Å². The van der Waals surface area contributed by atoms with Crippen LogP contribution in [-0.2, 0) is 16.6 Å². The van der Waals surface area contributed by atoms with E-state index in [9.17, 15) is 8.42 Å². The molecule has 2 aromatic rings. The first-order chi connectivity index (χ1) is 11.5. The smallest absolute Gasteiger partial charge is 0.243 e. The van der Waals surface area contributed by atoms with Gasteiger partial charge in [0.1, 0.15) is 13.2 Å². The van der Waals surface area contributed by atoms with E-state index in [1.807, 2.05) is 26.0 Å². The van der Waals surface area contributed by atoms with Crippen molar-refractivity contribution in [2.24, 2.45) is 0 Å². The number of hydrogen-bond acceptors (Lipinski definition) is 4. The molecule has 0 spiro atoms. The number of hydrogen-bond donors (Lipinski definition) is 0. The Balaban J connectivity index is 1.71. The minimum Gasteiger partial charge on any atom is -0.486 e. The van der Waals surface area contributed by atoms with Crippen molar-refractivity contribution in [1.82, 2.24) is 8.87 Å². The first-order valence-corrected chi connectivity index (χ1v) is 9.50. The summed E-state index contributed by atoms with van der Waals surface area (Å²) < 4.78 is 41.0. The molecule has 128 valence electrons. The lowest BCUT2D eigenvalue weighted by molar-refractivity contribution is 0.171. The molecule has 0 N–H and O–H groups in total. The summed E-state index contributed by atoms with van der Waals surface area (Å²) >= 11 is 0. The van der Waals surface area contributed by atoms with Gasteiger partial charge in [0, 0.05) is 30.5 Å². The van der Waals surface area contributed by atoms with Crippen molar-refractivity contribution < 1.29 is 17.9 Å². The van der Waals surface area contributed by atoms with Crippen molar-refractivity contribution in [2.75, 3.05) is 19.8 Å². The van der Waals surface area contributed by atoms with E-state index in [4.69, 9.17) is 9.47 Å². The van der Waals surface area contributed by atoms with E-state index in [-0.39, 0.29) is 10.9 Å². The third kappa shape index (κ3) is 2.31. The zero-order chi connectivity index (χ0) is 16.9. The Labute approximate surface area is 141 Å². The summed E-state index contributed by atoms with van der Waals surface area (Å²) in [6.45, 7) is 6.02. The number of aryl methyl sites for hydroxylation is 1. The number of fused-ring (bicyclic) bond motifs is 2. The maximum atomic E-state index is 13.1. The van der Waals surface area contributed by atoms with Gasteiger partial charge in [0.2, 0.25) is 10.0 Å². The van der Waals surface area contributed by atoms with Crippen LogP contribution in [0.4, 0.5) is 0 Å². The Hall–Kier alpha value is -1.99. The highest BCUT2D eigenvalue weighted by molar-refractivity contribution is 7.89. The van der Waals surface area contributed by atoms with Gasteiger partial charge in [0.15, 0.2) is 11.5 Å². The lowest BCUT2D eigenvalue weighted by Crippen LogP contribution is -2.41. The van der Waals surface area contributed by atoms with Gasteiger partial charge in [-0.25, -0.2) is 8.42 Å². The summed E-state index contributed by atoms with van der Waals surface area (Å²) in [4.78, 5) is 0.246. The number of nitrogens with zero attached hydrogens (tertiary/aromatic N) is 2. The molecule has 24 heavy (non-hydrogen) atoms. The Morgan fingerprint density at radius 3 is 2.58 bits per heavy atom. The standard InChI is InChI=1S/C17H20N2O4S/c1-12-3-5-15-13(2)19(8-7-18(12)15)24(20,21)14-4-6-16-17(11-14)23-10-9-22-16/h3-6,11,13H,7-10H2,1-2H3/t13-/m1/s1. The van der Waals surface area contributed by atoms with Gasteiger partial charge in [0.25, 0.3) is 0 Å². The third-order valence-electron chi connectivity index (χ3n) is 4.76. The molecule has 0 unspecified atom stereocenters. The SMILES string of the molecule is Cc1ccc2n1CCN(S(=O)(=O)c1ccc3c(c1)OCCO3)[C@@H]2C. The molecule has 3 heterocycles. The third-order valence-corrected chi connectivity index (χ3v) is 6.72. The molecule has 1 aromatic carbocycles. The van der Waals surface area contributed by atoms with E-state index in [0.717, 1.165) is 11.4 Å². The van der Waals surface area contributed by atoms with Gasteiger partial charge in [-0.15, -0.1) is 0 Å². The van der Waals surface area contributed by atoms with E-state index in [0.29, 0.717) is 37.8 Å². The minimum atomic E-state index is -3.59. The maximum Gasteiger partial charge on any atom is 0.243 e. The second kappa shape index (κ2) is 5.53. The molecule has 7 heteroatoms. The van der Waals surface area contributed by atoms with Crippen molar-refractivity contribution >= 4 is 10.0 Å². The molecule has 0 saturated carbocycles. The molecular weight excluding hydrogens is 328 g/mol. The largest absolute Gasteiger partial charge is 0.486 e. The lowest BCUT2D eigenvalue weighted by atomic mass is 10.2. The Bertz CT molecular complexity index is 888. The minimum absolute atomic E-state index is 0.203. The van der Waals surface area contributed by atoms with E-state index < -0.39 is 10.0 Å². The van der Waals surface area contributed by atoms with Crippen molar-refractivity contribution in [2.45, 2.75) is 31.3 Å². The fraction of sp³-hybridized carbons (Fsp3) is 0.412. The number of benzene rings is 1. The molecule has 4 rings (SSSR count). The van der Waals surface area contributed by atoms with Crippen LogP contribution in [-0.4, -0.2) is 37.0 Å². The molecule has 2 aliphatic heterocycles. The van der Waals surface area contributed by atoms with Gasteiger partial charge in [-0.1, -0.05) is 0 Å². The number of rotatable bonds is 2. The number of ether oxygens (including phenoxy) is 2. The zero-order valence-electron chi connectivity index (χ0n) is 13.7. The highest BCUT2D eigenvalue weighted by atomic mass is 32.2. The summed E-state index contributed by atoms with van der Waals surface area (Å²) in [7, 11) is -3.59. The molecule has 1 aromatic heterocycles. The Morgan fingerprint density at radius 1 is 1.04 bits per heavy atom. The predicted molar refractivity (Wildman–Crippen MR) is 88.9 cm³/mol. The van der Waals surface area contributed by atoms with Gasteiger partial charge in [-0.05, 0) is 38.1 Å². The fourth-order valence-electron chi connectivity index (χ4n) is 3.45.